The zero-order valence-corrected chi connectivity index (χ0v) is 7.40. The molecule has 0 aromatic carbocycles. The highest BCUT2D eigenvalue weighted by Gasteiger charge is 2.06. The molecule has 66 valence electrons. The van der Waals surface area contributed by atoms with Crippen molar-refractivity contribution in [3.63, 3.8) is 0 Å². The van der Waals surface area contributed by atoms with Crippen LogP contribution in [0.4, 0.5) is 0 Å². The van der Waals surface area contributed by atoms with Gasteiger partial charge in [0.2, 0.25) is 0 Å². The van der Waals surface area contributed by atoms with Gasteiger partial charge in [-0.1, -0.05) is 19.8 Å². The highest BCUT2D eigenvalue weighted by Crippen LogP contribution is 2.10. The van der Waals surface area contributed by atoms with Gasteiger partial charge in [-0.15, -0.1) is 0 Å². The molecule has 0 spiro atoms. The summed E-state index contributed by atoms with van der Waals surface area (Å²) < 4.78 is 0. The number of nitrogens with two attached hydrogens (primary N) is 1. The van der Waals surface area contributed by atoms with Crippen LogP contribution in [0.1, 0.15) is 38.1 Å². The summed E-state index contributed by atoms with van der Waals surface area (Å²) in [6.45, 7) is 2.15. The smallest absolute Gasteiger partial charge is 0.144 e. The van der Waals surface area contributed by atoms with E-state index in [1.165, 1.54) is 6.42 Å². The number of hydrogen-bond acceptors (Lipinski definition) is 3. The lowest BCUT2D eigenvalue weighted by Crippen LogP contribution is -2.13. The van der Waals surface area contributed by atoms with E-state index < -0.39 is 0 Å². The van der Waals surface area contributed by atoms with Gasteiger partial charge in [0.15, 0.2) is 0 Å². The molecule has 0 radical (unpaired) electrons. The predicted octanol–water partition coefficient (Wildman–Crippen LogP) is 1.67. The molecule has 12 heavy (non-hydrogen) atoms. The van der Waals surface area contributed by atoms with Crippen molar-refractivity contribution in [3.05, 3.63) is 24.3 Å². The summed E-state index contributed by atoms with van der Waals surface area (Å²) in [5, 5.41) is 0. The van der Waals surface area contributed by atoms with E-state index >= 15 is 0 Å². The third-order valence-electron chi connectivity index (χ3n) is 1.79. The molecule has 0 saturated carbocycles. The second kappa shape index (κ2) is 4.83. The molecule has 0 fully saturated rings. The molecule has 2 N–H and O–H groups in total. The van der Waals surface area contributed by atoms with Gasteiger partial charge in [-0.05, 0) is 12.5 Å². The van der Waals surface area contributed by atoms with Crippen molar-refractivity contribution in [2.75, 3.05) is 0 Å². The van der Waals surface area contributed by atoms with Crippen molar-refractivity contribution in [3.8, 4) is 0 Å². The molecule has 1 rings (SSSR count). The Morgan fingerprint density at radius 1 is 1.42 bits per heavy atom. The quantitative estimate of drug-likeness (QED) is 0.738. The minimum absolute atomic E-state index is 0.00569. The number of hydrogen-bond donors (Lipinski definition) is 1. The fourth-order valence-electron chi connectivity index (χ4n) is 1.06. The first-order valence-electron chi connectivity index (χ1n) is 4.37. The normalized spacial score (nSPS) is 12.8. The van der Waals surface area contributed by atoms with Gasteiger partial charge >= 0.3 is 0 Å². The number of nitrogens with zero attached hydrogens (tertiary/aromatic N) is 2. The van der Waals surface area contributed by atoms with Gasteiger partial charge < -0.3 is 5.73 Å². The Bertz CT molecular complexity index is 210. The molecule has 3 heteroatoms. The molecule has 1 aromatic heterocycles. The van der Waals surface area contributed by atoms with Crippen molar-refractivity contribution >= 4 is 0 Å². The third kappa shape index (κ3) is 2.58. The van der Waals surface area contributed by atoms with Crippen LogP contribution in [0.2, 0.25) is 0 Å². The van der Waals surface area contributed by atoms with Crippen LogP contribution in [0.3, 0.4) is 0 Å². The number of rotatable bonds is 4. The summed E-state index contributed by atoms with van der Waals surface area (Å²) in [4.78, 5) is 8.19. The van der Waals surface area contributed by atoms with Gasteiger partial charge in [0.25, 0.3) is 0 Å². The molecule has 0 aliphatic rings. The van der Waals surface area contributed by atoms with Gasteiger partial charge in [0.05, 0.1) is 6.04 Å². The second-order valence-electron chi connectivity index (χ2n) is 2.86. The Morgan fingerprint density at radius 2 is 2.08 bits per heavy atom. The van der Waals surface area contributed by atoms with E-state index in [2.05, 4.69) is 16.9 Å². The Morgan fingerprint density at radius 3 is 2.67 bits per heavy atom. The summed E-state index contributed by atoms with van der Waals surface area (Å²) in [5.74, 6) is 0.756. The van der Waals surface area contributed by atoms with Crippen LogP contribution in [-0.2, 0) is 0 Å². The maximum atomic E-state index is 5.86. The highest BCUT2D eigenvalue weighted by molar-refractivity contribution is 4.94. The average Bonchev–Trinajstić information content (AvgIpc) is 2.15. The molecule has 1 unspecified atom stereocenters. The minimum Gasteiger partial charge on any atom is -0.321 e. The zero-order valence-electron chi connectivity index (χ0n) is 7.40. The van der Waals surface area contributed by atoms with Gasteiger partial charge in [-0.25, -0.2) is 9.97 Å². The van der Waals surface area contributed by atoms with E-state index in [0.29, 0.717) is 0 Å². The van der Waals surface area contributed by atoms with Crippen LogP contribution >= 0.6 is 0 Å². The molecular formula is C9H15N3. The van der Waals surface area contributed by atoms with E-state index in [-0.39, 0.29) is 6.04 Å². The van der Waals surface area contributed by atoms with Crippen LogP contribution < -0.4 is 5.73 Å². The number of aromatic nitrogens is 2. The van der Waals surface area contributed by atoms with Gasteiger partial charge in [-0.2, -0.15) is 0 Å². The minimum atomic E-state index is 0.00569. The van der Waals surface area contributed by atoms with Crippen LogP contribution in [-0.4, -0.2) is 9.97 Å². The summed E-state index contributed by atoms with van der Waals surface area (Å²) in [6, 6.07) is 1.81. The standard InChI is InChI=1S/C9H15N3/c1-2-3-5-8(10)9-11-6-4-7-12-9/h4,6-8H,2-3,5,10H2,1H3. The lowest BCUT2D eigenvalue weighted by atomic mass is 10.1. The molecular weight excluding hydrogens is 150 g/mol. The van der Waals surface area contributed by atoms with Crippen molar-refractivity contribution in [1.29, 1.82) is 0 Å². The molecule has 0 bridgehead atoms. The van der Waals surface area contributed by atoms with Crippen molar-refractivity contribution in [2.24, 2.45) is 5.73 Å². The predicted molar refractivity (Wildman–Crippen MR) is 48.5 cm³/mol. The first-order valence-corrected chi connectivity index (χ1v) is 4.37. The topological polar surface area (TPSA) is 51.8 Å². The Labute approximate surface area is 73.0 Å². The monoisotopic (exact) mass is 165 g/mol. The molecule has 0 saturated heterocycles. The fraction of sp³-hybridized carbons (Fsp3) is 0.556. The molecule has 3 nitrogen and oxygen atoms in total. The molecule has 1 heterocycles. The zero-order chi connectivity index (χ0) is 8.81. The van der Waals surface area contributed by atoms with E-state index in [1.807, 2.05) is 0 Å². The first-order chi connectivity index (χ1) is 5.84. The van der Waals surface area contributed by atoms with Crippen LogP contribution in [0.25, 0.3) is 0 Å². The fourth-order valence-corrected chi connectivity index (χ4v) is 1.06. The van der Waals surface area contributed by atoms with E-state index in [0.717, 1.165) is 18.7 Å². The van der Waals surface area contributed by atoms with E-state index in [1.54, 1.807) is 18.5 Å². The third-order valence-corrected chi connectivity index (χ3v) is 1.79. The Kier molecular flexibility index (Phi) is 3.67. The molecule has 1 atom stereocenters. The van der Waals surface area contributed by atoms with Gasteiger partial charge in [0, 0.05) is 12.4 Å². The lowest BCUT2D eigenvalue weighted by molar-refractivity contribution is 0.575. The molecule has 1 aromatic rings. The summed E-state index contributed by atoms with van der Waals surface area (Å²) in [7, 11) is 0. The van der Waals surface area contributed by atoms with Crippen molar-refractivity contribution < 1.29 is 0 Å². The van der Waals surface area contributed by atoms with Crippen LogP contribution in [0.5, 0.6) is 0 Å². The van der Waals surface area contributed by atoms with Crippen LogP contribution in [0, 0.1) is 0 Å². The van der Waals surface area contributed by atoms with E-state index in [9.17, 15) is 0 Å². The molecule has 0 aliphatic carbocycles. The Balaban J connectivity index is 2.48. The second-order valence-corrected chi connectivity index (χ2v) is 2.86. The summed E-state index contributed by atoms with van der Waals surface area (Å²) in [6.07, 6.45) is 6.74. The average molecular weight is 165 g/mol. The highest BCUT2D eigenvalue weighted by atomic mass is 14.9. The van der Waals surface area contributed by atoms with Crippen molar-refractivity contribution in [1.82, 2.24) is 9.97 Å². The van der Waals surface area contributed by atoms with Crippen LogP contribution in [0.15, 0.2) is 18.5 Å². The molecule has 0 amide bonds. The summed E-state index contributed by atoms with van der Waals surface area (Å²) in [5.41, 5.74) is 5.86. The number of unbranched alkanes of at least 4 members (excludes halogenated alkanes) is 1. The van der Waals surface area contributed by atoms with Crippen molar-refractivity contribution in [2.45, 2.75) is 32.2 Å². The van der Waals surface area contributed by atoms with Gasteiger partial charge in [-0.3, -0.25) is 0 Å². The maximum Gasteiger partial charge on any atom is 0.144 e. The van der Waals surface area contributed by atoms with E-state index in [4.69, 9.17) is 5.73 Å². The Hall–Kier alpha value is -0.960. The largest absolute Gasteiger partial charge is 0.321 e. The lowest BCUT2D eigenvalue weighted by Gasteiger charge is -2.07. The SMILES string of the molecule is CCCCC(N)c1ncccn1. The maximum absolute atomic E-state index is 5.86. The first kappa shape index (κ1) is 9.13. The molecule has 0 aliphatic heterocycles. The summed E-state index contributed by atoms with van der Waals surface area (Å²) >= 11 is 0. The van der Waals surface area contributed by atoms with Gasteiger partial charge in [0.1, 0.15) is 5.82 Å².